The number of hydrogen-bond donors (Lipinski definition) is 2. The number of benzene rings is 1. The summed E-state index contributed by atoms with van der Waals surface area (Å²) in [7, 11) is 0. The van der Waals surface area contributed by atoms with Crippen molar-refractivity contribution in [3.63, 3.8) is 0 Å². The Morgan fingerprint density at radius 1 is 1.27 bits per heavy atom. The van der Waals surface area contributed by atoms with E-state index in [1.165, 1.54) is 0 Å². The first kappa shape index (κ1) is 9.00. The van der Waals surface area contributed by atoms with E-state index in [-0.39, 0.29) is 6.79 Å². The van der Waals surface area contributed by atoms with Crippen molar-refractivity contribution in [2.45, 2.75) is 24.5 Å². The summed E-state index contributed by atoms with van der Waals surface area (Å²) in [6, 6.07) is 5.46. The van der Waals surface area contributed by atoms with Gasteiger partial charge in [-0.2, -0.15) is 0 Å². The first-order chi connectivity index (χ1) is 7.19. The second-order valence-corrected chi connectivity index (χ2v) is 4.25. The molecule has 1 saturated carbocycles. The summed E-state index contributed by atoms with van der Waals surface area (Å²) in [4.78, 5) is 0. The largest absolute Gasteiger partial charge is 0.454 e. The van der Waals surface area contributed by atoms with Crippen LogP contribution in [0, 0.1) is 0 Å². The van der Waals surface area contributed by atoms with E-state index >= 15 is 0 Å². The first-order valence-corrected chi connectivity index (χ1v) is 5.05. The molecule has 80 valence electrons. The molecule has 3 N–H and O–H groups in total. The van der Waals surface area contributed by atoms with Crippen LogP contribution in [0.3, 0.4) is 0 Å². The summed E-state index contributed by atoms with van der Waals surface area (Å²) >= 11 is 0. The van der Waals surface area contributed by atoms with Gasteiger partial charge in [-0.1, -0.05) is 6.07 Å². The van der Waals surface area contributed by atoms with Gasteiger partial charge in [0.15, 0.2) is 11.5 Å². The summed E-state index contributed by atoms with van der Waals surface area (Å²) in [6.07, 6.45) is 1.15. The molecule has 2 aliphatic rings. The standard InChI is InChI=1S/C11H13NO3/c12-11(3-4-11)10(13)7-1-2-8-9(5-7)15-6-14-8/h1-2,5,10,13H,3-4,6,12H2. The van der Waals surface area contributed by atoms with Crippen LogP contribution in [0.4, 0.5) is 0 Å². The predicted octanol–water partition coefficient (Wildman–Crippen LogP) is 0.940. The highest BCUT2D eigenvalue weighted by Gasteiger charge is 2.46. The van der Waals surface area contributed by atoms with Gasteiger partial charge in [0.1, 0.15) is 0 Å². The Morgan fingerprint density at radius 2 is 2.00 bits per heavy atom. The molecule has 3 rings (SSSR count). The molecule has 0 aromatic heterocycles. The number of aliphatic hydroxyl groups is 1. The predicted molar refractivity (Wildman–Crippen MR) is 53.7 cm³/mol. The smallest absolute Gasteiger partial charge is 0.231 e. The molecule has 15 heavy (non-hydrogen) atoms. The average Bonchev–Trinajstić information content (AvgIpc) is 2.82. The molecule has 1 aliphatic heterocycles. The van der Waals surface area contributed by atoms with Crippen LogP contribution in [0.5, 0.6) is 11.5 Å². The molecule has 4 heteroatoms. The van der Waals surface area contributed by atoms with Gasteiger partial charge < -0.3 is 20.3 Å². The molecule has 0 saturated heterocycles. The fourth-order valence-electron chi connectivity index (χ4n) is 1.83. The second kappa shape index (κ2) is 2.87. The third kappa shape index (κ3) is 1.37. The van der Waals surface area contributed by atoms with Crippen molar-refractivity contribution in [1.29, 1.82) is 0 Å². The molecular weight excluding hydrogens is 194 g/mol. The quantitative estimate of drug-likeness (QED) is 0.757. The van der Waals surface area contributed by atoms with Gasteiger partial charge in [-0.15, -0.1) is 0 Å². The molecular formula is C11H13NO3. The van der Waals surface area contributed by atoms with Gasteiger partial charge in [0, 0.05) is 5.54 Å². The van der Waals surface area contributed by atoms with Crippen molar-refractivity contribution >= 4 is 0 Å². The number of ether oxygens (including phenoxy) is 2. The van der Waals surface area contributed by atoms with Crippen molar-refractivity contribution in [2.24, 2.45) is 5.73 Å². The molecule has 0 radical (unpaired) electrons. The molecule has 1 atom stereocenters. The van der Waals surface area contributed by atoms with E-state index in [0.29, 0.717) is 5.75 Å². The monoisotopic (exact) mass is 207 g/mol. The Morgan fingerprint density at radius 3 is 2.73 bits per heavy atom. The van der Waals surface area contributed by atoms with E-state index in [2.05, 4.69) is 0 Å². The molecule has 0 amide bonds. The average molecular weight is 207 g/mol. The Kier molecular flexibility index (Phi) is 1.72. The second-order valence-electron chi connectivity index (χ2n) is 4.25. The van der Waals surface area contributed by atoms with Crippen LogP contribution in [0.15, 0.2) is 18.2 Å². The van der Waals surface area contributed by atoms with Crippen LogP contribution in [0.1, 0.15) is 24.5 Å². The van der Waals surface area contributed by atoms with Crippen LogP contribution in [0.25, 0.3) is 0 Å². The highest BCUT2D eigenvalue weighted by molar-refractivity contribution is 5.45. The van der Waals surface area contributed by atoms with Gasteiger partial charge in [-0.25, -0.2) is 0 Å². The molecule has 0 spiro atoms. The third-order valence-electron chi connectivity index (χ3n) is 3.08. The summed E-state index contributed by atoms with van der Waals surface area (Å²) in [5.41, 5.74) is 6.33. The molecule has 1 unspecified atom stereocenters. The molecule has 1 aromatic rings. The SMILES string of the molecule is NC1(C(O)c2ccc3c(c2)OCO3)CC1. The van der Waals surface area contributed by atoms with Gasteiger partial charge >= 0.3 is 0 Å². The Bertz CT molecular complexity index is 401. The van der Waals surface area contributed by atoms with E-state index in [4.69, 9.17) is 15.2 Å². The maximum atomic E-state index is 10.0. The van der Waals surface area contributed by atoms with Gasteiger partial charge in [-0.05, 0) is 30.5 Å². The van der Waals surface area contributed by atoms with E-state index in [1.807, 2.05) is 12.1 Å². The topological polar surface area (TPSA) is 64.7 Å². The van der Waals surface area contributed by atoms with Crippen molar-refractivity contribution in [3.8, 4) is 11.5 Å². The fourth-order valence-corrected chi connectivity index (χ4v) is 1.83. The summed E-state index contributed by atoms with van der Waals surface area (Å²) in [5, 5.41) is 10.0. The van der Waals surface area contributed by atoms with Crippen molar-refractivity contribution in [3.05, 3.63) is 23.8 Å². The van der Waals surface area contributed by atoms with Crippen LogP contribution in [0.2, 0.25) is 0 Å². The van der Waals surface area contributed by atoms with Crippen LogP contribution in [-0.2, 0) is 0 Å². The lowest BCUT2D eigenvalue weighted by Crippen LogP contribution is -2.30. The number of hydrogen-bond acceptors (Lipinski definition) is 4. The highest BCUT2D eigenvalue weighted by Crippen LogP contribution is 2.45. The normalized spacial score (nSPS) is 22.5. The van der Waals surface area contributed by atoms with Crippen LogP contribution in [-0.4, -0.2) is 17.4 Å². The number of nitrogens with two attached hydrogens (primary N) is 1. The van der Waals surface area contributed by atoms with Gasteiger partial charge in [0.05, 0.1) is 6.10 Å². The highest BCUT2D eigenvalue weighted by atomic mass is 16.7. The Labute approximate surface area is 87.6 Å². The van der Waals surface area contributed by atoms with E-state index in [1.54, 1.807) is 6.07 Å². The lowest BCUT2D eigenvalue weighted by Gasteiger charge is -2.17. The van der Waals surface area contributed by atoms with Crippen LogP contribution >= 0.6 is 0 Å². The molecule has 0 bridgehead atoms. The Hall–Kier alpha value is -1.26. The number of rotatable bonds is 2. The van der Waals surface area contributed by atoms with Crippen LogP contribution < -0.4 is 15.2 Å². The van der Waals surface area contributed by atoms with Gasteiger partial charge in [0.2, 0.25) is 6.79 Å². The summed E-state index contributed by atoms with van der Waals surface area (Å²) in [6.45, 7) is 0.253. The summed E-state index contributed by atoms with van der Waals surface area (Å²) < 4.78 is 10.4. The minimum Gasteiger partial charge on any atom is -0.454 e. The maximum Gasteiger partial charge on any atom is 0.231 e. The van der Waals surface area contributed by atoms with E-state index in [0.717, 1.165) is 24.2 Å². The van der Waals surface area contributed by atoms with Crippen molar-refractivity contribution in [2.75, 3.05) is 6.79 Å². The zero-order valence-electron chi connectivity index (χ0n) is 8.27. The Balaban J connectivity index is 1.92. The molecule has 1 aliphatic carbocycles. The van der Waals surface area contributed by atoms with E-state index < -0.39 is 11.6 Å². The van der Waals surface area contributed by atoms with Gasteiger partial charge in [0.25, 0.3) is 0 Å². The van der Waals surface area contributed by atoms with Crippen molar-refractivity contribution in [1.82, 2.24) is 0 Å². The minimum absolute atomic E-state index is 0.253. The number of aliphatic hydroxyl groups excluding tert-OH is 1. The first-order valence-electron chi connectivity index (χ1n) is 5.05. The van der Waals surface area contributed by atoms with E-state index in [9.17, 15) is 5.11 Å². The molecule has 4 nitrogen and oxygen atoms in total. The number of fused-ring (bicyclic) bond motifs is 1. The van der Waals surface area contributed by atoms with Crippen molar-refractivity contribution < 1.29 is 14.6 Å². The lowest BCUT2D eigenvalue weighted by molar-refractivity contribution is 0.135. The summed E-state index contributed by atoms with van der Waals surface area (Å²) in [5.74, 6) is 1.42. The zero-order chi connectivity index (χ0) is 10.5. The fraction of sp³-hybridized carbons (Fsp3) is 0.455. The molecule has 1 fully saturated rings. The lowest BCUT2D eigenvalue weighted by atomic mass is 10.0. The molecule has 1 aromatic carbocycles. The molecule has 1 heterocycles. The zero-order valence-corrected chi connectivity index (χ0v) is 8.27. The van der Waals surface area contributed by atoms with Gasteiger partial charge in [-0.3, -0.25) is 0 Å². The third-order valence-corrected chi connectivity index (χ3v) is 3.08. The maximum absolute atomic E-state index is 10.0. The minimum atomic E-state index is -0.605.